The Morgan fingerprint density at radius 2 is 1.93 bits per heavy atom. The van der Waals surface area contributed by atoms with Crippen LogP contribution in [-0.4, -0.2) is 67.2 Å². The number of hydrogen-bond acceptors (Lipinski definition) is 7. The molecule has 1 aliphatic heterocycles. The fraction of sp³-hybridized carbons (Fsp3) is 0.452. The fourth-order valence-corrected chi connectivity index (χ4v) is 5.85. The van der Waals surface area contributed by atoms with Gasteiger partial charge in [0.2, 0.25) is 11.7 Å². The van der Waals surface area contributed by atoms with E-state index in [1.807, 2.05) is 0 Å². The van der Waals surface area contributed by atoms with Crippen LogP contribution >= 0.6 is 0 Å². The maximum Gasteiger partial charge on any atom is 0.294 e. The van der Waals surface area contributed by atoms with Crippen LogP contribution in [0.15, 0.2) is 40.8 Å². The lowest BCUT2D eigenvalue weighted by molar-refractivity contribution is -0.138. The Bertz CT molecular complexity index is 1540. The van der Waals surface area contributed by atoms with E-state index in [1.165, 1.54) is 24.1 Å². The van der Waals surface area contributed by atoms with Crippen molar-refractivity contribution in [3.8, 4) is 11.5 Å². The number of carbonyl (C=O) groups excluding carboxylic acids is 3. The van der Waals surface area contributed by atoms with Gasteiger partial charge in [0.1, 0.15) is 23.8 Å². The van der Waals surface area contributed by atoms with E-state index >= 15 is 0 Å². The summed E-state index contributed by atoms with van der Waals surface area (Å²) in [6.45, 7) is 1.59. The Morgan fingerprint density at radius 3 is 2.62 bits per heavy atom. The molecule has 2 heterocycles. The normalized spacial score (nSPS) is 23.7. The van der Waals surface area contributed by atoms with Crippen LogP contribution in [0.5, 0.6) is 11.5 Å². The standard InChI is InChI=1S/C31H34FN3O7/c1-31(30(38)33-15-18-7-9-19(32)12-24(18)40-3)16-41-26-23-10-8-17(28(36)34-20-5-4-6-20)11-25(23)42-27(26)29(37)35(31)21-13-22(14-21)39-2/h7-12,20-22H,4-6,13-16H2,1-3H3,(H,33,38)(H,34,36). The van der Waals surface area contributed by atoms with E-state index in [0.29, 0.717) is 40.7 Å². The lowest BCUT2D eigenvalue weighted by Crippen LogP contribution is -2.66. The van der Waals surface area contributed by atoms with Gasteiger partial charge in [-0.1, -0.05) is 6.07 Å². The zero-order valence-electron chi connectivity index (χ0n) is 23.8. The molecule has 222 valence electrons. The monoisotopic (exact) mass is 579 g/mol. The topological polar surface area (TPSA) is 119 Å². The third-order valence-corrected chi connectivity index (χ3v) is 8.74. The van der Waals surface area contributed by atoms with Crippen molar-refractivity contribution < 1.29 is 37.4 Å². The highest BCUT2D eigenvalue weighted by atomic mass is 19.1. The molecule has 2 N–H and O–H groups in total. The average Bonchev–Trinajstić information content (AvgIpc) is 3.27. The molecule has 0 spiro atoms. The van der Waals surface area contributed by atoms with Crippen molar-refractivity contribution in [2.45, 2.75) is 69.3 Å². The summed E-state index contributed by atoms with van der Waals surface area (Å²) in [6, 6.07) is 8.99. The summed E-state index contributed by atoms with van der Waals surface area (Å²) in [5.74, 6) is -1.02. The van der Waals surface area contributed by atoms with Crippen molar-refractivity contribution >= 4 is 28.7 Å². The maximum atomic E-state index is 14.2. The minimum atomic E-state index is -1.40. The summed E-state index contributed by atoms with van der Waals surface area (Å²) in [7, 11) is 3.05. The van der Waals surface area contributed by atoms with Crippen LogP contribution in [0, 0.1) is 5.82 Å². The number of nitrogens with one attached hydrogen (secondary N) is 2. The molecule has 1 atom stereocenters. The average molecular weight is 580 g/mol. The number of halogens is 1. The Balaban J connectivity index is 1.29. The molecule has 2 aromatic carbocycles. The highest BCUT2D eigenvalue weighted by Gasteiger charge is 2.53. The summed E-state index contributed by atoms with van der Waals surface area (Å²) >= 11 is 0. The van der Waals surface area contributed by atoms with Gasteiger partial charge in [0.25, 0.3) is 11.8 Å². The summed E-state index contributed by atoms with van der Waals surface area (Å²) < 4.78 is 36.7. The van der Waals surface area contributed by atoms with Crippen molar-refractivity contribution in [2.75, 3.05) is 20.8 Å². The minimum Gasteiger partial charge on any atom is -0.496 e. The smallest absolute Gasteiger partial charge is 0.294 e. The van der Waals surface area contributed by atoms with Gasteiger partial charge in [0, 0.05) is 42.9 Å². The second-order valence-corrected chi connectivity index (χ2v) is 11.4. The molecular weight excluding hydrogens is 545 g/mol. The molecule has 2 aliphatic carbocycles. The molecule has 6 rings (SSSR count). The molecule has 11 heteroatoms. The van der Waals surface area contributed by atoms with Crippen molar-refractivity contribution in [2.24, 2.45) is 0 Å². The number of nitrogens with zero attached hydrogens (tertiary/aromatic N) is 1. The first kappa shape index (κ1) is 28.0. The van der Waals surface area contributed by atoms with Crippen LogP contribution in [0.3, 0.4) is 0 Å². The first-order valence-corrected chi connectivity index (χ1v) is 14.2. The molecule has 2 saturated carbocycles. The molecular formula is C31H34FN3O7. The zero-order chi connectivity index (χ0) is 29.6. The highest BCUT2D eigenvalue weighted by molar-refractivity contribution is 6.06. The molecule has 3 amide bonds. The maximum absolute atomic E-state index is 14.2. The minimum absolute atomic E-state index is 0.0147. The quantitative estimate of drug-likeness (QED) is 0.415. The van der Waals surface area contributed by atoms with E-state index in [-0.39, 0.29) is 48.8 Å². The first-order chi connectivity index (χ1) is 20.2. The Kier molecular flexibility index (Phi) is 7.30. The Hall–Kier alpha value is -4.12. The van der Waals surface area contributed by atoms with Gasteiger partial charge >= 0.3 is 0 Å². The Labute approximate surface area is 242 Å². The molecule has 0 bridgehead atoms. The second-order valence-electron chi connectivity index (χ2n) is 11.4. The summed E-state index contributed by atoms with van der Waals surface area (Å²) in [6.07, 6.45) is 4.12. The Morgan fingerprint density at radius 1 is 1.14 bits per heavy atom. The van der Waals surface area contributed by atoms with Crippen LogP contribution < -0.4 is 20.1 Å². The van der Waals surface area contributed by atoms with Gasteiger partial charge in [-0.2, -0.15) is 0 Å². The van der Waals surface area contributed by atoms with Crippen LogP contribution in [-0.2, 0) is 16.1 Å². The number of amides is 3. The van der Waals surface area contributed by atoms with E-state index in [4.69, 9.17) is 18.6 Å². The van der Waals surface area contributed by atoms with Gasteiger partial charge in [0.05, 0.1) is 18.6 Å². The van der Waals surface area contributed by atoms with Gasteiger partial charge in [-0.3, -0.25) is 14.4 Å². The van der Waals surface area contributed by atoms with Gasteiger partial charge in [-0.15, -0.1) is 0 Å². The highest BCUT2D eigenvalue weighted by Crippen LogP contribution is 2.42. The van der Waals surface area contributed by atoms with Crippen LogP contribution in [0.25, 0.3) is 11.0 Å². The second kappa shape index (κ2) is 10.9. The summed E-state index contributed by atoms with van der Waals surface area (Å²) in [5.41, 5.74) is -0.0229. The first-order valence-electron chi connectivity index (χ1n) is 14.2. The molecule has 1 unspecified atom stereocenters. The van der Waals surface area contributed by atoms with Gasteiger partial charge < -0.3 is 34.2 Å². The van der Waals surface area contributed by atoms with Gasteiger partial charge in [-0.05, 0) is 63.3 Å². The van der Waals surface area contributed by atoms with E-state index in [1.54, 1.807) is 38.3 Å². The molecule has 1 aromatic heterocycles. The molecule has 10 nitrogen and oxygen atoms in total. The third-order valence-electron chi connectivity index (χ3n) is 8.74. The predicted octanol–water partition coefficient (Wildman–Crippen LogP) is 3.95. The third kappa shape index (κ3) is 4.85. The van der Waals surface area contributed by atoms with Crippen molar-refractivity contribution in [1.29, 1.82) is 0 Å². The molecule has 42 heavy (non-hydrogen) atoms. The molecule has 0 radical (unpaired) electrons. The van der Waals surface area contributed by atoms with Crippen molar-refractivity contribution in [1.82, 2.24) is 15.5 Å². The number of rotatable bonds is 8. The molecule has 2 fully saturated rings. The number of methoxy groups -OCH3 is 2. The lowest BCUT2D eigenvalue weighted by atomic mass is 9.83. The molecule has 3 aliphatic rings. The van der Waals surface area contributed by atoms with E-state index in [0.717, 1.165) is 19.3 Å². The van der Waals surface area contributed by atoms with Gasteiger partial charge in [-0.25, -0.2) is 4.39 Å². The van der Waals surface area contributed by atoms with Crippen LogP contribution in [0.4, 0.5) is 4.39 Å². The van der Waals surface area contributed by atoms with Crippen LogP contribution in [0.1, 0.15) is 65.5 Å². The van der Waals surface area contributed by atoms with E-state index in [9.17, 15) is 18.8 Å². The lowest BCUT2D eigenvalue weighted by Gasteiger charge is -2.48. The fourth-order valence-electron chi connectivity index (χ4n) is 5.85. The van der Waals surface area contributed by atoms with E-state index < -0.39 is 23.2 Å². The summed E-state index contributed by atoms with van der Waals surface area (Å²) in [4.78, 5) is 42.3. The van der Waals surface area contributed by atoms with Crippen LogP contribution in [0.2, 0.25) is 0 Å². The predicted molar refractivity (Wildman–Crippen MR) is 150 cm³/mol. The number of benzene rings is 2. The number of ether oxygens (including phenoxy) is 3. The number of hydrogen-bond donors (Lipinski definition) is 2. The van der Waals surface area contributed by atoms with Crippen molar-refractivity contribution in [3.63, 3.8) is 0 Å². The molecule has 0 saturated heterocycles. The SMILES string of the molecule is COc1cc(F)ccc1CNC(=O)C1(C)COc2c(oc3cc(C(=O)NC4CCC4)ccc23)C(=O)N1C1CC(OC)C1. The van der Waals surface area contributed by atoms with E-state index in [2.05, 4.69) is 10.6 Å². The number of fused-ring (bicyclic) bond motifs is 3. The summed E-state index contributed by atoms with van der Waals surface area (Å²) in [5, 5.41) is 6.45. The van der Waals surface area contributed by atoms with Gasteiger partial charge in [0.15, 0.2) is 11.3 Å². The molecule has 3 aromatic rings. The number of furan rings is 1. The van der Waals surface area contributed by atoms with Crippen molar-refractivity contribution in [3.05, 3.63) is 59.1 Å². The largest absolute Gasteiger partial charge is 0.496 e. The number of carbonyl (C=O) groups is 3. The zero-order valence-corrected chi connectivity index (χ0v) is 23.8.